The van der Waals surface area contributed by atoms with Crippen molar-refractivity contribution in [1.29, 1.82) is 0 Å². The molecule has 1 aromatic heterocycles. The van der Waals surface area contributed by atoms with E-state index in [1.165, 1.54) is 4.88 Å². The molecule has 0 saturated carbocycles. The van der Waals surface area contributed by atoms with Gasteiger partial charge in [0.25, 0.3) is 5.91 Å². The first kappa shape index (κ1) is 23.3. The third-order valence-corrected chi connectivity index (χ3v) is 7.44. The molecule has 0 radical (unpaired) electrons. The van der Waals surface area contributed by atoms with Gasteiger partial charge in [-0.3, -0.25) is 19.4 Å². The molecule has 4 amide bonds. The molecule has 2 saturated heterocycles. The molecular formula is C27H28N4O3S. The van der Waals surface area contributed by atoms with Crippen LogP contribution in [0.5, 0.6) is 0 Å². The van der Waals surface area contributed by atoms with Crippen LogP contribution in [0.3, 0.4) is 0 Å². The Labute approximate surface area is 209 Å². The highest BCUT2D eigenvalue weighted by molar-refractivity contribution is 7.09. The first-order chi connectivity index (χ1) is 17.1. The number of rotatable bonds is 7. The van der Waals surface area contributed by atoms with Crippen molar-refractivity contribution in [2.75, 3.05) is 32.7 Å². The minimum atomic E-state index is -0.737. The minimum Gasteiger partial charge on any atom is -0.339 e. The second kappa shape index (κ2) is 10.4. The molecule has 8 heteroatoms. The Morgan fingerprint density at radius 3 is 2.17 bits per heavy atom. The maximum absolute atomic E-state index is 13.5. The number of nitrogens with zero attached hydrogens (tertiary/aromatic N) is 4. The predicted molar refractivity (Wildman–Crippen MR) is 134 cm³/mol. The van der Waals surface area contributed by atoms with E-state index in [9.17, 15) is 14.4 Å². The SMILES string of the molecule is O=C(CN1C(=O)C(c2ccccc2)N(Cc2ccccc2)C1=O)N1CCN(Cc2cccs2)CC1. The second-order valence-corrected chi connectivity index (χ2v) is 9.90. The zero-order valence-electron chi connectivity index (χ0n) is 19.5. The van der Waals surface area contributed by atoms with Crippen molar-refractivity contribution in [2.24, 2.45) is 0 Å². The molecule has 0 aliphatic carbocycles. The van der Waals surface area contributed by atoms with E-state index in [0.717, 1.165) is 35.7 Å². The molecule has 0 N–H and O–H groups in total. The molecule has 0 bridgehead atoms. The summed E-state index contributed by atoms with van der Waals surface area (Å²) in [4.78, 5) is 48.1. The molecule has 0 spiro atoms. The van der Waals surface area contributed by atoms with Crippen molar-refractivity contribution < 1.29 is 14.4 Å². The van der Waals surface area contributed by atoms with E-state index < -0.39 is 12.1 Å². The molecule has 1 atom stereocenters. The van der Waals surface area contributed by atoms with Crippen LogP contribution in [0, 0.1) is 0 Å². The van der Waals surface area contributed by atoms with Crippen LogP contribution in [0.15, 0.2) is 78.2 Å². The number of amides is 4. The summed E-state index contributed by atoms with van der Waals surface area (Å²) in [6, 6.07) is 21.9. The molecule has 3 aromatic rings. The highest BCUT2D eigenvalue weighted by Gasteiger charge is 2.46. The molecule has 3 heterocycles. The summed E-state index contributed by atoms with van der Waals surface area (Å²) in [5.74, 6) is -0.530. The van der Waals surface area contributed by atoms with E-state index in [-0.39, 0.29) is 18.4 Å². The molecule has 1 unspecified atom stereocenters. The van der Waals surface area contributed by atoms with Crippen LogP contribution in [0.2, 0.25) is 0 Å². The van der Waals surface area contributed by atoms with Crippen molar-refractivity contribution in [3.05, 3.63) is 94.2 Å². The van der Waals surface area contributed by atoms with Gasteiger partial charge in [0.15, 0.2) is 0 Å². The molecule has 2 aliphatic rings. The average molecular weight is 489 g/mol. The Morgan fingerprint density at radius 1 is 0.829 bits per heavy atom. The van der Waals surface area contributed by atoms with Gasteiger partial charge < -0.3 is 9.80 Å². The van der Waals surface area contributed by atoms with Crippen LogP contribution >= 0.6 is 11.3 Å². The Kier molecular flexibility index (Phi) is 6.92. The van der Waals surface area contributed by atoms with Gasteiger partial charge in [-0.15, -0.1) is 11.3 Å². The van der Waals surface area contributed by atoms with Crippen molar-refractivity contribution in [2.45, 2.75) is 19.1 Å². The first-order valence-electron chi connectivity index (χ1n) is 11.8. The van der Waals surface area contributed by atoms with Crippen LogP contribution in [-0.4, -0.2) is 70.2 Å². The van der Waals surface area contributed by atoms with Crippen molar-refractivity contribution in [3.63, 3.8) is 0 Å². The molecule has 35 heavy (non-hydrogen) atoms. The second-order valence-electron chi connectivity index (χ2n) is 8.87. The standard InChI is InChI=1S/C27H28N4O3S/c32-24(29-15-13-28(14-16-29)19-23-12-7-17-35-23)20-31-26(33)25(22-10-5-2-6-11-22)30(27(31)34)18-21-8-3-1-4-9-21/h1-12,17,25H,13-16,18-20H2. The largest absolute Gasteiger partial charge is 0.339 e. The van der Waals surface area contributed by atoms with E-state index >= 15 is 0 Å². The fraction of sp³-hybridized carbons (Fsp3) is 0.296. The van der Waals surface area contributed by atoms with Gasteiger partial charge >= 0.3 is 6.03 Å². The lowest BCUT2D eigenvalue weighted by Crippen LogP contribution is -2.51. The van der Waals surface area contributed by atoms with Crippen LogP contribution < -0.4 is 0 Å². The highest BCUT2D eigenvalue weighted by atomic mass is 32.1. The van der Waals surface area contributed by atoms with Crippen molar-refractivity contribution in [3.8, 4) is 0 Å². The third-order valence-electron chi connectivity index (χ3n) is 6.58. The highest BCUT2D eigenvalue weighted by Crippen LogP contribution is 2.32. The summed E-state index contributed by atoms with van der Waals surface area (Å²) in [6.07, 6.45) is 0. The number of urea groups is 1. The molecule has 2 aliphatic heterocycles. The quantitative estimate of drug-likeness (QED) is 0.477. The Hall–Kier alpha value is -3.49. The van der Waals surface area contributed by atoms with Gasteiger partial charge in [0.1, 0.15) is 12.6 Å². The average Bonchev–Trinajstić information content (AvgIpc) is 3.48. The molecule has 2 fully saturated rings. The van der Waals surface area contributed by atoms with Gasteiger partial charge in [-0.25, -0.2) is 4.79 Å². The number of hydrogen-bond acceptors (Lipinski definition) is 5. The molecule has 180 valence electrons. The lowest BCUT2D eigenvalue weighted by Gasteiger charge is -2.35. The third kappa shape index (κ3) is 5.13. The fourth-order valence-corrected chi connectivity index (χ4v) is 5.44. The zero-order chi connectivity index (χ0) is 24.2. The van der Waals surface area contributed by atoms with Crippen molar-refractivity contribution >= 4 is 29.2 Å². The lowest BCUT2D eigenvalue weighted by atomic mass is 10.1. The lowest BCUT2D eigenvalue weighted by molar-refractivity contribution is -0.138. The van der Waals surface area contributed by atoms with Gasteiger partial charge in [-0.05, 0) is 22.6 Å². The number of carbonyl (C=O) groups excluding carboxylic acids is 3. The minimum absolute atomic E-state index is 0.184. The number of hydrogen-bond donors (Lipinski definition) is 0. The van der Waals surface area contributed by atoms with Gasteiger partial charge in [-0.2, -0.15) is 0 Å². The van der Waals surface area contributed by atoms with E-state index in [2.05, 4.69) is 16.3 Å². The summed E-state index contributed by atoms with van der Waals surface area (Å²) in [5.41, 5.74) is 1.68. The maximum Gasteiger partial charge on any atom is 0.328 e. The number of thiophene rings is 1. The number of imide groups is 1. The smallest absolute Gasteiger partial charge is 0.328 e. The Morgan fingerprint density at radius 2 is 1.51 bits per heavy atom. The Balaban J connectivity index is 1.27. The normalized spacial score (nSPS) is 19.0. The number of piperazine rings is 1. The number of carbonyl (C=O) groups is 3. The molecule has 7 nitrogen and oxygen atoms in total. The van der Waals surface area contributed by atoms with Gasteiger partial charge in [-0.1, -0.05) is 66.7 Å². The fourth-order valence-electron chi connectivity index (χ4n) is 4.70. The van der Waals surface area contributed by atoms with E-state index in [1.807, 2.05) is 66.7 Å². The summed E-state index contributed by atoms with van der Waals surface area (Å²) in [6.45, 7) is 3.70. The van der Waals surface area contributed by atoms with Crippen molar-refractivity contribution in [1.82, 2.24) is 19.6 Å². The van der Waals surface area contributed by atoms with E-state index in [0.29, 0.717) is 19.6 Å². The summed E-state index contributed by atoms with van der Waals surface area (Å²) < 4.78 is 0. The Bertz CT molecular complexity index is 1160. The first-order valence-corrected chi connectivity index (χ1v) is 12.7. The maximum atomic E-state index is 13.5. The van der Waals surface area contributed by atoms with E-state index in [4.69, 9.17) is 0 Å². The summed E-state index contributed by atoms with van der Waals surface area (Å²) >= 11 is 1.74. The zero-order valence-corrected chi connectivity index (χ0v) is 20.3. The molecule has 2 aromatic carbocycles. The van der Waals surface area contributed by atoms with Gasteiger partial charge in [0, 0.05) is 44.1 Å². The van der Waals surface area contributed by atoms with Crippen LogP contribution in [0.4, 0.5) is 4.79 Å². The summed E-state index contributed by atoms with van der Waals surface area (Å²) in [5, 5.41) is 2.07. The van der Waals surface area contributed by atoms with Gasteiger partial charge in [0.05, 0.1) is 0 Å². The molecular weight excluding hydrogens is 460 g/mol. The monoisotopic (exact) mass is 488 g/mol. The van der Waals surface area contributed by atoms with Crippen LogP contribution in [0.25, 0.3) is 0 Å². The number of benzene rings is 2. The van der Waals surface area contributed by atoms with Crippen LogP contribution in [-0.2, 0) is 22.7 Å². The molecule has 5 rings (SSSR count). The summed E-state index contributed by atoms with van der Waals surface area (Å²) in [7, 11) is 0. The van der Waals surface area contributed by atoms with Crippen LogP contribution in [0.1, 0.15) is 22.0 Å². The van der Waals surface area contributed by atoms with E-state index in [1.54, 1.807) is 21.1 Å². The predicted octanol–water partition coefficient (Wildman–Crippen LogP) is 3.60. The topological polar surface area (TPSA) is 64.2 Å². The van der Waals surface area contributed by atoms with Gasteiger partial charge in [0.2, 0.25) is 5.91 Å².